The fourth-order valence-corrected chi connectivity index (χ4v) is 0.922. The summed E-state index contributed by atoms with van der Waals surface area (Å²) in [6.45, 7) is 0. The average molecular weight is 178 g/mol. The first-order valence-electron chi connectivity index (χ1n) is 3.78. The predicted molar refractivity (Wildman–Crippen MR) is 51.8 cm³/mol. The molecule has 0 saturated heterocycles. The fourth-order valence-electron chi connectivity index (χ4n) is 0.922. The summed E-state index contributed by atoms with van der Waals surface area (Å²) < 4.78 is 0. The highest BCUT2D eigenvalue weighted by Crippen LogP contribution is 2.22. The maximum Gasteiger partial charge on any atom is 0.346 e. The first-order chi connectivity index (χ1) is 6.24. The van der Waals surface area contributed by atoms with Crippen molar-refractivity contribution in [2.24, 2.45) is 4.99 Å². The van der Waals surface area contributed by atoms with Crippen LogP contribution in [0.4, 0.5) is 11.4 Å². The Labute approximate surface area is 75.9 Å². The number of carbonyl (C=O) groups is 1. The number of carboxylic acid groups (broad SMARTS) is 1. The van der Waals surface area contributed by atoms with Gasteiger partial charge in [0.15, 0.2) is 0 Å². The summed E-state index contributed by atoms with van der Waals surface area (Å²) in [4.78, 5) is 14.0. The summed E-state index contributed by atoms with van der Waals surface area (Å²) in [6, 6.07) is 7.22. The first kappa shape index (κ1) is 9.25. The second-order valence-electron chi connectivity index (χ2n) is 2.36. The van der Waals surface area contributed by atoms with Crippen LogP contribution in [0.1, 0.15) is 0 Å². The van der Waals surface area contributed by atoms with E-state index in [1.54, 1.807) is 19.2 Å². The van der Waals surface area contributed by atoms with Crippen LogP contribution in [0.5, 0.6) is 0 Å². The second-order valence-corrected chi connectivity index (χ2v) is 2.36. The molecule has 0 aliphatic rings. The van der Waals surface area contributed by atoms with Crippen molar-refractivity contribution in [2.75, 3.05) is 12.4 Å². The van der Waals surface area contributed by atoms with Crippen LogP contribution >= 0.6 is 0 Å². The minimum Gasteiger partial charge on any atom is -0.477 e. The summed E-state index contributed by atoms with van der Waals surface area (Å²) in [7, 11) is 1.76. The van der Waals surface area contributed by atoms with Crippen molar-refractivity contribution in [2.45, 2.75) is 0 Å². The molecular formula is C9H10N2O2. The number of aliphatic imine (C=N–C) groups is 1. The molecule has 0 fully saturated rings. The number of nitrogens with one attached hydrogen (secondary N) is 1. The first-order valence-corrected chi connectivity index (χ1v) is 3.78. The largest absolute Gasteiger partial charge is 0.477 e. The van der Waals surface area contributed by atoms with Crippen LogP contribution < -0.4 is 5.32 Å². The van der Waals surface area contributed by atoms with Gasteiger partial charge in [0.05, 0.1) is 11.4 Å². The van der Waals surface area contributed by atoms with Crippen LogP contribution in [0.25, 0.3) is 0 Å². The Kier molecular flexibility index (Phi) is 3.03. The number of aliphatic carboxylic acids is 1. The predicted octanol–water partition coefficient (Wildman–Crippen LogP) is 1.52. The second kappa shape index (κ2) is 4.25. The zero-order chi connectivity index (χ0) is 9.68. The van der Waals surface area contributed by atoms with Gasteiger partial charge in [-0.05, 0) is 12.1 Å². The lowest BCUT2D eigenvalue weighted by Crippen LogP contribution is -1.94. The third-order valence-corrected chi connectivity index (χ3v) is 1.49. The minimum absolute atomic E-state index is 0.618. The highest BCUT2D eigenvalue weighted by Gasteiger charge is 1.96. The lowest BCUT2D eigenvalue weighted by Gasteiger charge is -2.02. The van der Waals surface area contributed by atoms with E-state index < -0.39 is 5.97 Å². The number of benzene rings is 1. The third kappa shape index (κ3) is 2.59. The van der Waals surface area contributed by atoms with Gasteiger partial charge in [-0.1, -0.05) is 12.1 Å². The quantitative estimate of drug-likeness (QED) is 0.690. The van der Waals surface area contributed by atoms with Crippen LogP contribution in [0.15, 0.2) is 29.3 Å². The molecule has 0 spiro atoms. The van der Waals surface area contributed by atoms with E-state index >= 15 is 0 Å². The monoisotopic (exact) mass is 178 g/mol. The Hall–Kier alpha value is -1.84. The molecule has 4 nitrogen and oxygen atoms in total. The highest BCUT2D eigenvalue weighted by molar-refractivity contribution is 6.22. The lowest BCUT2D eigenvalue weighted by atomic mass is 10.3. The van der Waals surface area contributed by atoms with Crippen molar-refractivity contribution >= 4 is 23.6 Å². The third-order valence-electron chi connectivity index (χ3n) is 1.49. The van der Waals surface area contributed by atoms with E-state index in [9.17, 15) is 4.79 Å². The van der Waals surface area contributed by atoms with E-state index in [2.05, 4.69) is 10.3 Å². The van der Waals surface area contributed by atoms with Crippen molar-refractivity contribution in [3.05, 3.63) is 24.3 Å². The summed E-state index contributed by atoms with van der Waals surface area (Å²) >= 11 is 0. The zero-order valence-electron chi connectivity index (χ0n) is 7.19. The van der Waals surface area contributed by atoms with Crippen molar-refractivity contribution in [3.8, 4) is 0 Å². The van der Waals surface area contributed by atoms with Gasteiger partial charge in [-0.25, -0.2) is 9.79 Å². The highest BCUT2D eigenvalue weighted by atomic mass is 16.4. The molecule has 0 bridgehead atoms. The molecule has 0 aliphatic carbocycles. The number of carboxylic acids is 1. The van der Waals surface area contributed by atoms with E-state index in [0.717, 1.165) is 11.9 Å². The van der Waals surface area contributed by atoms with Crippen molar-refractivity contribution in [1.82, 2.24) is 0 Å². The van der Waals surface area contributed by atoms with Gasteiger partial charge < -0.3 is 10.4 Å². The van der Waals surface area contributed by atoms with Gasteiger partial charge in [-0.2, -0.15) is 0 Å². The van der Waals surface area contributed by atoms with Gasteiger partial charge in [0.2, 0.25) is 0 Å². The van der Waals surface area contributed by atoms with Crippen LogP contribution in [0.3, 0.4) is 0 Å². The van der Waals surface area contributed by atoms with E-state index in [4.69, 9.17) is 5.11 Å². The van der Waals surface area contributed by atoms with Crippen molar-refractivity contribution in [3.63, 3.8) is 0 Å². The molecular weight excluding hydrogens is 168 g/mol. The van der Waals surface area contributed by atoms with E-state index in [0.29, 0.717) is 5.69 Å². The van der Waals surface area contributed by atoms with Gasteiger partial charge in [-0.15, -0.1) is 0 Å². The van der Waals surface area contributed by atoms with E-state index in [-0.39, 0.29) is 0 Å². The Bertz CT molecular complexity index is 334. The number of nitrogens with zero attached hydrogens (tertiary/aromatic N) is 1. The Morgan fingerprint density at radius 1 is 1.54 bits per heavy atom. The molecule has 0 aliphatic heterocycles. The van der Waals surface area contributed by atoms with Gasteiger partial charge in [0.25, 0.3) is 0 Å². The maximum atomic E-state index is 10.2. The normalized spacial score (nSPS) is 10.2. The Morgan fingerprint density at radius 3 is 2.85 bits per heavy atom. The molecule has 0 unspecified atom stereocenters. The molecule has 0 heterocycles. The van der Waals surface area contributed by atoms with E-state index in [1.165, 1.54) is 0 Å². The molecule has 13 heavy (non-hydrogen) atoms. The van der Waals surface area contributed by atoms with Gasteiger partial charge in [0.1, 0.15) is 6.21 Å². The average Bonchev–Trinajstić information content (AvgIpc) is 2.15. The Balaban J connectivity index is 2.93. The summed E-state index contributed by atoms with van der Waals surface area (Å²) in [5, 5.41) is 11.3. The molecule has 1 rings (SSSR count). The van der Waals surface area contributed by atoms with Gasteiger partial charge in [0, 0.05) is 7.05 Å². The fraction of sp³-hybridized carbons (Fsp3) is 0.111. The summed E-state index contributed by atoms with van der Waals surface area (Å²) in [6.07, 6.45) is 0.871. The van der Waals surface area contributed by atoms with Gasteiger partial charge >= 0.3 is 5.97 Å². The van der Waals surface area contributed by atoms with Crippen molar-refractivity contribution < 1.29 is 9.90 Å². The molecule has 1 aromatic rings. The minimum atomic E-state index is -1.05. The molecule has 1 aromatic carbocycles. The summed E-state index contributed by atoms with van der Waals surface area (Å²) in [5.74, 6) is -1.05. The van der Waals surface area contributed by atoms with Crippen LogP contribution in [-0.2, 0) is 4.79 Å². The number of rotatable bonds is 3. The Morgan fingerprint density at radius 2 is 2.23 bits per heavy atom. The van der Waals surface area contributed by atoms with Gasteiger partial charge in [-0.3, -0.25) is 0 Å². The molecule has 0 saturated carbocycles. The zero-order valence-corrected chi connectivity index (χ0v) is 7.19. The van der Waals surface area contributed by atoms with Crippen LogP contribution in [0.2, 0.25) is 0 Å². The molecule has 0 radical (unpaired) electrons. The topological polar surface area (TPSA) is 61.7 Å². The van der Waals surface area contributed by atoms with Crippen LogP contribution in [0, 0.1) is 0 Å². The van der Waals surface area contributed by atoms with Crippen LogP contribution in [-0.4, -0.2) is 24.3 Å². The lowest BCUT2D eigenvalue weighted by molar-refractivity contribution is -0.128. The number of anilines is 1. The smallest absolute Gasteiger partial charge is 0.346 e. The molecule has 0 atom stereocenters. The number of para-hydroxylation sites is 2. The standard InChI is InChI=1S/C9H10N2O2/c1-10-7-4-2-3-5-8(7)11-6-9(12)13/h2-6,10H,1H3,(H,12,13). The van der Waals surface area contributed by atoms with Crippen molar-refractivity contribution in [1.29, 1.82) is 0 Å². The number of hydrogen-bond donors (Lipinski definition) is 2. The molecule has 0 amide bonds. The maximum absolute atomic E-state index is 10.2. The van der Waals surface area contributed by atoms with E-state index in [1.807, 2.05) is 12.1 Å². The molecule has 68 valence electrons. The number of hydrogen-bond acceptors (Lipinski definition) is 3. The SMILES string of the molecule is CNc1ccccc1N=CC(=O)O. The molecule has 4 heteroatoms. The molecule has 2 N–H and O–H groups in total. The summed E-state index contributed by atoms with van der Waals surface area (Å²) in [5.41, 5.74) is 1.42. The molecule has 0 aromatic heterocycles.